The maximum absolute atomic E-state index is 12.5. The van der Waals surface area contributed by atoms with E-state index in [-0.39, 0.29) is 5.91 Å². The molecule has 3 heterocycles. The summed E-state index contributed by atoms with van der Waals surface area (Å²) in [6.07, 6.45) is 0. The monoisotopic (exact) mass is 491 g/mol. The summed E-state index contributed by atoms with van der Waals surface area (Å²) >= 11 is 3.33. The minimum Gasteiger partial charge on any atom is -0.295 e. The van der Waals surface area contributed by atoms with Gasteiger partial charge in [-0.2, -0.15) is 0 Å². The lowest BCUT2D eigenvalue weighted by atomic mass is 10.1. The van der Waals surface area contributed by atoms with Crippen molar-refractivity contribution in [2.75, 3.05) is 31.1 Å². The third kappa shape index (κ3) is 4.90. The summed E-state index contributed by atoms with van der Waals surface area (Å²) in [5.74, 6) is -0.0157. The molecular formula is C26H29N5OS2. The summed E-state index contributed by atoms with van der Waals surface area (Å²) in [6, 6.07) is 14.4. The number of piperazine rings is 1. The average molecular weight is 492 g/mol. The van der Waals surface area contributed by atoms with Crippen LogP contribution in [0.3, 0.4) is 0 Å². The van der Waals surface area contributed by atoms with Crippen molar-refractivity contribution < 1.29 is 4.79 Å². The van der Waals surface area contributed by atoms with Gasteiger partial charge in [-0.05, 0) is 43.2 Å². The second kappa shape index (κ2) is 9.92. The number of carbonyl (C=O) groups is 1. The lowest BCUT2D eigenvalue weighted by molar-refractivity contribution is -0.115. The molecule has 34 heavy (non-hydrogen) atoms. The number of aromatic nitrogens is 2. The van der Waals surface area contributed by atoms with Gasteiger partial charge in [0.1, 0.15) is 5.01 Å². The lowest BCUT2D eigenvalue weighted by Gasteiger charge is -2.33. The second-order valence-electron chi connectivity index (χ2n) is 8.82. The van der Waals surface area contributed by atoms with Crippen molar-refractivity contribution in [3.8, 4) is 0 Å². The molecule has 0 aliphatic carbocycles. The molecule has 176 valence electrons. The topological polar surface area (TPSA) is 52.6 Å². The highest BCUT2D eigenvalue weighted by molar-refractivity contribution is 7.18. The molecule has 0 saturated carbocycles. The summed E-state index contributed by atoms with van der Waals surface area (Å²) in [5.41, 5.74) is 5.32. The van der Waals surface area contributed by atoms with Crippen molar-refractivity contribution in [2.24, 2.45) is 0 Å². The molecule has 6 nitrogen and oxygen atoms in total. The zero-order chi connectivity index (χ0) is 23.7. The molecule has 1 aliphatic heterocycles. The Kier molecular flexibility index (Phi) is 6.74. The molecule has 0 radical (unpaired) electrons. The van der Waals surface area contributed by atoms with E-state index in [1.54, 1.807) is 23.2 Å². The van der Waals surface area contributed by atoms with E-state index in [1.807, 2.05) is 18.2 Å². The molecule has 1 aliphatic rings. The van der Waals surface area contributed by atoms with E-state index < -0.39 is 0 Å². The van der Waals surface area contributed by atoms with Crippen LogP contribution in [-0.2, 0) is 17.9 Å². The van der Waals surface area contributed by atoms with Crippen LogP contribution in [0.4, 0.5) is 10.8 Å². The maximum Gasteiger partial charge on any atom is 0.230 e. The Bertz CT molecular complexity index is 1270. The first-order chi connectivity index (χ1) is 16.5. The van der Waals surface area contributed by atoms with Gasteiger partial charge in [-0.25, -0.2) is 9.97 Å². The van der Waals surface area contributed by atoms with Crippen molar-refractivity contribution in [2.45, 2.75) is 33.9 Å². The third-order valence-corrected chi connectivity index (χ3v) is 8.31. The number of fused-ring (bicyclic) bond motifs is 1. The van der Waals surface area contributed by atoms with Crippen LogP contribution in [-0.4, -0.2) is 51.9 Å². The van der Waals surface area contributed by atoms with Gasteiger partial charge in [-0.1, -0.05) is 24.3 Å². The average Bonchev–Trinajstić information content (AvgIpc) is 3.44. The van der Waals surface area contributed by atoms with Crippen molar-refractivity contribution >= 4 is 49.6 Å². The Hall–Kier alpha value is -2.65. The molecule has 0 unspecified atom stereocenters. The molecule has 0 bridgehead atoms. The maximum atomic E-state index is 12.5. The number of hydrogen-bond donors (Lipinski definition) is 0. The van der Waals surface area contributed by atoms with E-state index in [4.69, 9.17) is 9.97 Å². The Morgan fingerprint density at radius 1 is 0.971 bits per heavy atom. The van der Waals surface area contributed by atoms with Crippen LogP contribution in [0.25, 0.3) is 10.2 Å². The fraction of sp³-hybridized carbons (Fsp3) is 0.346. The van der Waals surface area contributed by atoms with Crippen LogP contribution < -0.4 is 4.90 Å². The summed E-state index contributed by atoms with van der Waals surface area (Å²) in [4.78, 5) is 28.8. The molecule has 4 aromatic rings. The van der Waals surface area contributed by atoms with E-state index in [2.05, 4.69) is 53.3 Å². The van der Waals surface area contributed by atoms with Gasteiger partial charge in [-0.15, -0.1) is 22.7 Å². The fourth-order valence-electron chi connectivity index (χ4n) is 4.37. The molecule has 1 fully saturated rings. The zero-order valence-corrected chi connectivity index (χ0v) is 21.5. The number of thiazole rings is 2. The summed E-state index contributed by atoms with van der Waals surface area (Å²) in [6.45, 7) is 11.5. The quantitative estimate of drug-likeness (QED) is 0.363. The van der Waals surface area contributed by atoms with Crippen LogP contribution in [0, 0.1) is 13.8 Å². The Morgan fingerprint density at radius 2 is 1.71 bits per heavy atom. The van der Waals surface area contributed by atoms with Gasteiger partial charge in [0, 0.05) is 45.0 Å². The van der Waals surface area contributed by atoms with Crippen molar-refractivity contribution in [1.82, 2.24) is 19.8 Å². The normalized spacial score (nSPS) is 15.1. The highest BCUT2D eigenvalue weighted by Crippen LogP contribution is 2.32. The van der Waals surface area contributed by atoms with E-state index in [1.165, 1.54) is 26.6 Å². The number of rotatable bonds is 6. The predicted molar refractivity (Wildman–Crippen MR) is 141 cm³/mol. The van der Waals surface area contributed by atoms with E-state index in [0.29, 0.717) is 0 Å². The smallest absolute Gasteiger partial charge is 0.230 e. The van der Waals surface area contributed by atoms with E-state index in [0.717, 1.165) is 66.9 Å². The van der Waals surface area contributed by atoms with E-state index in [9.17, 15) is 4.79 Å². The standard InChI is InChI=1S/C26H29N5OS2/c1-18-7-6-9-23(19(18)2)31(20(3)32)26-27-21(17-33-26)15-29-11-13-30(14-12-29)16-25-28-22-8-4-5-10-24(22)34-25/h4-10,17H,11-16H2,1-3H3. The molecule has 1 amide bonds. The summed E-state index contributed by atoms with van der Waals surface area (Å²) in [7, 11) is 0. The minimum absolute atomic E-state index is 0.0157. The number of hydrogen-bond acceptors (Lipinski definition) is 7. The van der Waals surface area contributed by atoms with Gasteiger partial charge < -0.3 is 0 Å². The van der Waals surface area contributed by atoms with Crippen LogP contribution in [0.1, 0.15) is 28.8 Å². The zero-order valence-electron chi connectivity index (χ0n) is 19.8. The third-order valence-electron chi connectivity index (χ3n) is 6.41. The highest BCUT2D eigenvalue weighted by Gasteiger charge is 2.22. The number of benzene rings is 2. The molecule has 1 saturated heterocycles. The number of anilines is 2. The molecular weight excluding hydrogens is 462 g/mol. The van der Waals surface area contributed by atoms with Gasteiger partial charge in [0.05, 0.1) is 28.1 Å². The SMILES string of the molecule is CC(=O)N(c1nc(CN2CCN(Cc3nc4ccccc4s3)CC2)cs1)c1cccc(C)c1C. The Morgan fingerprint density at radius 3 is 2.44 bits per heavy atom. The van der Waals surface area contributed by atoms with Crippen LogP contribution >= 0.6 is 22.7 Å². The fourth-order valence-corrected chi connectivity index (χ4v) is 6.25. The largest absolute Gasteiger partial charge is 0.295 e. The van der Waals surface area contributed by atoms with E-state index >= 15 is 0 Å². The van der Waals surface area contributed by atoms with Gasteiger partial charge >= 0.3 is 0 Å². The number of para-hydroxylation sites is 1. The van der Waals surface area contributed by atoms with Crippen LogP contribution in [0.5, 0.6) is 0 Å². The lowest BCUT2D eigenvalue weighted by Crippen LogP contribution is -2.45. The number of nitrogens with zero attached hydrogens (tertiary/aromatic N) is 5. The summed E-state index contributed by atoms with van der Waals surface area (Å²) < 4.78 is 1.26. The molecule has 2 aromatic carbocycles. The highest BCUT2D eigenvalue weighted by atomic mass is 32.1. The molecule has 0 spiro atoms. The first-order valence-electron chi connectivity index (χ1n) is 11.6. The number of amides is 1. The molecule has 0 atom stereocenters. The van der Waals surface area contributed by atoms with Gasteiger partial charge in [0.15, 0.2) is 5.13 Å². The van der Waals surface area contributed by atoms with Crippen LogP contribution in [0.15, 0.2) is 47.8 Å². The molecule has 2 aromatic heterocycles. The van der Waals surface area contributed by atoms with Crippen molar-refractivity contribution in [1.29, 1.82) is 0 Å². The Balaban J connectivity index is 1.20. The van der Waals surface area contributed by atoms with Crippen molar-refractivity contribution in [3.05, 3.63) is 69.7 Å². The first-order valence-corrected chi connectivity index (χ1v) is 13.3. The minimum atomic E-state index is -0.0157. The predicted octanol–water partition coefficient (Wildman–Crippen LogP) is 5.37. The van der Waals surface area contributed by atoms with Crippen molar-refractivity contribution in [3.63, 3.8) is 0 Å². The van der Waals surface area contributed by atoms with Gasteiger partial charge in [-0.3, -0.25) is 19.5 Å². The molecule has 8 heteroatoms. The van der Waals surface area contributed by atoms with Gasteiger partial charge in [0.25, 0.3) is 0 Å². The van der Waals surface area contributed by atoms with Crippen LogP contribution in [0.2, 0.25) is 0 Å². The number of aryl methyl sites for hydroxylation is 1. The number of carbonyl (C=O) groups excluding carboxylic acids is 1. The molecule has 0 N–H and O–H groups in total. The summed E-state index contributed by atoms with van der Waals surface area (Å²) in [5, 5.41) is 4.02. The Labute approximate surface area is 208 Å². The van der Waals surface area contributed by atoms with Gasteiger partial charge in [0.2, 0.25) is 5.91 Å². The molecule has 5 rings (SSSR count). The second-order valence-corrected chi connectivity index (χ2v) is 10.8. The first kappa shape index (κ1) is 23.1.